The summed E-state index contributed by atoms with van der Waals surface area (Å²) in [6.07, 6.45) is 1.19. The van der Waals surface area contributed by atoms with Crippen LogP contribution >= 0.6 is 0 Å². The monoisotopic (exact) mass is 479 g/mol. The number of amides is 4. The van der Waals surface area contributed by atoms with Gasteiger partial charge in [0.05, 0.1) is 11.3 Å². The van der Waals surface area contributed by atoms with Gasteiger partial charge in [0.2, 0.25) is 5.91 Å². The van der Waals surface area contributed by atoms with Gasteiger partial charge in [0.25, 0.3) is 5.91 Å². The third-order valence-electron chi connectivity index (χ3n) is 7.09. The fraction of sp³-hybridized carbons (Fsp3) is 0.417. The maximum Gasteiger partial charge on any atom is 0.334 e. The molecule has 1 aromatic heterocycles. The van der Waals surface area contributed by atoms with Crippen molar-refractivity contribution in [2.24, 2.45) is 5.92 Å². The molecule has 35 heavy (non-hydrogen) atoms. The van der Waals surface area contributed by atoms with Gasteiger partial charge in [-0.2, -0.15) is 0 Å². The Balaban J connectivity index is 1.23. The van der Waals surface area contributed by atoms with Gasteiger partial charge in [-0.1, -0.05) is 30.3 Å². The van der Waals surface area contributed by atoms with Gasteiger partial charge >= 0.3 is 17.3 Å². The van der Waals surface area contributed by atoms with Crippen molar-refractivity contribution >= 4 is 23.5 Å². The zero-order valence-electron chi connectivity index (χ0n) is 19.0. The van der Waals surface area contributed by atoms with Crippen LogP contribution in [-0.4, -0.2) is 62.8 Å². The number of pyridine rings is 1. The lowest BCUT2D eigenvalue weighted by Gasteiger charge is -2.42. The summed E-state index contributed by atoms with van der Waals surface area (Å²) in [5, 5.41) is 13.8. The molecule has 3 atom stereocenters. The second kappa shape index (κ2) is 8.97. The van der Waals surface area contributed by atoms with Crippen molar-refractivity contribution in [3.63, 3.8) is 0 Å². The van der Waals surface area contributed by atoms with Crippen LogP contribution in [0.2, 0.25) is 0 Å². The van der Waals surface area contributed by atoms with E-state index in [2.05, 4.69) is 5.32 Å². The van der Waals surface area contributed by atoms with E-state index in [4.69, 9.17) is 0 Å². The zero-order chi connectivity index (χ0) is 24.7. The lowest BCUT2D eigenvalue weighted by Crippen LogP contribution is -2.50. The van der Waals surface area contributed by atoms with Crippen molar-refractivity contribution in [1.82, 2.24) is 19.7 Å². The first-order valence-electron chi connectivity index (χ1n) is 11.6. The number of hydrogen-bond acceptors (Lipinski definition) is 6. The predicted octanol–water partition coefficient (Wildman–Crippen LogP) is 1.26. The zero-order valence-corrected chi connectivity index (χ0v) is 19.0. The van der Waals surface area contributed by atoms with Crippen molar-refractivity contribution in [2.75, 3.05) is 19.6 Å². The topological polar surface area (TPSA) is 135 Å². The third-order valence-corrected chi connectivity index (χ3v) is 7.09. The minimum Gasteiger partial charge on any atom is -0.342 e. The Morgan fingerprint density at radius 1 is 1.06 bits per heavy atom. The Morgan fingerprint density at radius 3 is 2.57 bits per heavy atom. The fourth-order valence-electron chi connectivity index (χ4n) is 5.39. The standard InChI is InChI=1S/C24H25N5O6/c30-21(11-18-22(31)27(24(33)25-18)9-8-15-4-2-1-3-5-15)26-12-16-10-17(14-26)19-6-7-20(29(34)35)23(32)28(19)13-16/h1-7,16-18H,8-14H2,(H,25,33)/t16-,17+,18+/m1/s1. The summed E-state index contributed by atoms with van der Waals surface area (Å²) in [5.74, 6) is -0.765. The Kier molecular flexibility index (Phi) is 5.83. The minimum atomic E-state index is -0.898. The Bertz CT molecular complexity index is 1260. The first-order valence-corrected chi connectivity index (χ1v) is 11.6. The molecular formula is C24H25N5O6. The third kappa shape index (κ3) is 4.29. The first kappa shape index (κ1) is 22.8. The summed E-state index contributed by atoms with van der Waals surface area (Å²) in [6, 6.07) is 11.0. The van der Waals surface area contributed by atoms with E-state index in [1.54, 1.807) is 11.0 Å². The molecular weight excluding hydrogens is 454 g/mol. The number of imide groups is 1. The van der Waals surface area contributed by atoms with E-state index in [-0.39, 0.29) is 30.7 Å². The van der Waals surface area contributed by atoms with Gasteiger partial charge in [-0.05, 0) is 30.4 Å². The van der Waals surface area contributed by atoms with Crippen LogP contribution in [0.3, 0.4) is 0 Å². The highest BCUT2D eigenvalue weighted by molar-refractivity contribution is 6.05. The van der Waals surface area contributed by atoms with Gasteiger partial charge in [-0.15, -0.1) is 0 Å². The van der Waals surface area contributed by atoms with Crippen LogP contribution in [0.5, 0.6) is 0 Å². The highest BCUT2D eigenvalue weighted by atomic mass is 16.6. The van der Waals surface area contributed by atoms with E-state index in [0.717, 1.165) is 16.9 Å². The average Bonchev–Trinajstić information content (AvgIpc) is 3.10. The summed E-state index contributed by atoms with van der Waals surface area (Å²) in [6.45, 7) is 1.31. The number of rotatable bonds is 6. The van der Waals surface area contributed by atoms with E-state index in [1.165, 1.54) is 10.6 Å². The van der Waals surface area contributed by atoms with E-state index in [1.807, 2.05) is 30.3 Å². The molecule has 0 radical (unpaired) electrons. The van der Waals surface area contributed by atoms with Gasteiger partial charge in [-0.25, -0.2) is 4.79 Å². The molecule has 5 rings (SSSR count). The molecule has 182 valence electrons. The largest absolute Gasteiger partial charge is 0.342 e. The second-order valence-corrected chi connectivity index (χ2v) is 9.35. The highest BCUT2D eigenvalue weighted by Crippen LogP contribution is 2.36. The number of urea groups is 1. The number of piperidine rings is 1. The van der Waals surface area contributed by atoms with E-state index < -0.39 is 34.2 Å². The van der Waals surface area contributed by atoms with Gasteiger partial charge in [0.1, 0.15) is 6.04 Å². The molecule has 11 nitrogen and oxygen atoms in total. The number of nitrogens with zero attached hydrogens (tertiary/aromatic N) is 4. The number of hydrogen-bond donors (Lipinski definition) is 1. The number of fused-ring (bicyclic) bond motifs is 4. The Hall–Kier alpha value is -4.02. The van der Waals surface area contributed by atoms with Gasteiger partial charge in [0.15, 0.2) is 0 Å². The summed E-state index contributed by atoms with van der Waals surface area (Å²) < 4.78 is 1.46. The molecule has 11 heteroatoms. The maximum atomic E-state index is 13.1. The maximum absolute atomic E-state index is 13.1. The van der Waals surface area contributed by atoms with Crippen molar-refractivity contribution in [3.8, 4) is 0 Å². The first-order chi connectivity index (χ1) is 16.8. The molecule has 2 fully saturated rings. The number of carbonyl (C=O) groups is 3. The second-order valence-electron chi connectivity index (χ2n) is 9.35. The van der Waals surface area contributed by atoms with Crippen LogP contribution in [0.15, 0.2) is 47.3 Å². The van der Waals surface area contributed by atoms with Crippen molar-refractivity contribution in [2.45, 2.75) is 37.8 Å². The number of benzene rings is 1. The lowest BCUT2D eigenvalue weighted by atomic mass is 9.83. The Morgan fingerprint density at radius 2 is 1.83 bits per heavy atom. The van der Waals surface area contributed by atoms with Crippen molar-refractivity contribution in [1.29, 1.82) is 0 Å². The molecule has 2 bridgehead atoms. The number of nitro groups is 1. The molecule has 4 amide bonds. The molecule has 0 aliphatic carbocycles. The van der Waals surface area contributed by atoms with Crippen LogP contribution in [0.4, 0.5) is 10.5 Å². The molecule has 0 unspecified atom stereocenters. The van der Waals surface area contributed by atoms with Gasteiger partial charge in [-0.3, -0.25) is 29.4 Å². The van der Waals surface area contributed by atoms with E-state index in [9.17, 15) is 29.3 Å². The van der Waals surface area contributed by atoms with Crippen LogP contribution in [-0.2, 0) is 22.6 Å². The number of nitrogens with one attached hydrogen (secondary N) is 1. The average molecular weight is 479 g/mol. The number of aromatic nitrogens is 1. The quantitative estimate of drug-likeness (QED) is 0.376. The normalized spacial score (nSPS) is 23.1. The van der Waals surface area contributed by atoms with Gasteiger partial charge in [0, 0.05) is 43.9 Å². The molecule has 2 aromatic rings. The Labute approximate surface area is 200 Å². The van der Waals surface area contributed by atoms with E-state index >= 15 is 0 Å². The highest BCUT2D eigenvalue weighted by Gasteiger charge is 2.42. The summed E-state index contributed by atoms with van der Waals surface area (Å²) in [5.41, 5.74) is 0.634. The molecule has 0 spiro atoms. The van der Waals surface area contributed by atoms with Crippen LogP contribution in [0.25, 0.3) is 0 Å². The summed E-state index contributed by atoms with van der Waals surface area (Å²) in [4.78, 5) is 64.1. The predicted molar refractivity (Wildman–Crippen MR) is 124 cm³/mol. The van der Waals surface area contributed by atoms with Crippen LogP contribution in [0.1, 0.15) is 30.0 Å². The molecule has 4 heterocycles. The minimum absolute atomic E-state index is 0.0128. The fourth-order valence-corrected chi connectivity index (χ4v) is 5.39. The van der Waals surface area contributed by atoms with Crippen LogP contribution < -0.4 is 10.9 Å². The smallest absolute Gasteiger partial charge is 0.334 e. The lowest BCUT2D eigenvalue weighted by molar-refractivity contribution is -0.386. The molecule has 1 aromatic carbocycles. The van der Waals surface area contributed by atoms with Crippen molar-refractivity contribution < 1.29 is 19.3 Å². The molecule has 1 N–H and O–H groups in total. The van der Waals surface area contributed by atoms with Crippen LogP contribution in [0, 0.1) is 16.0 Å². The van der Waals surface area contributed by atoms with E-state index in [0.29, 0.717) is 31.7 Å². The summed E-state index contributed by atoms with van der Waals surface area (Å²) in [7, 11) is 0. The number of likely N-dealkylation sites (tertiary alicyclic amines) is 1. The molecule has 0 saturated carbocycles. The molecule has 2 saturated heterocycles. The molecule has 3 aliphatic heterocycles. The summed E-state index contributed by atoms with van der Waals surface area (Å²) >= 11 is 0. The van der Waals surface area contributed by atoms with Gasteiger partial charge < -0.3 is 14.8 Å². The van der Waals surface area contributed by atoms with Crippen molar-refractivity contribution in [3.05, 3.63) is 74.2 Å². The molecule has 3 aliphatic rings. The number of carbonyl (C=O) groups excluding carboxylic acids is 3. The SMILES string of the molecule is O=C(C[C@@H]1NC(=O)N(CCc2ccccc2)C1=O)N1C[C@H]2C[C@@H](C1)c1ccc([N+](=O)[O-])c(=O)n1C2.